The first-order valence-electron chi connectivity index (χ1n) is 1.62. The van der Waals surface area contributed by atoms with E-state index in [1.165, 1.54) is 6.92 Å². The van der Waals surface area contributed by atoms with Crippen molar-refractivity contribution in [1.82, 2.24) is 0 Å². The molecule has 0 amide bonds. The largest absolute Gasteiger partial charge is 0.463 e. The van der Waals surface area contributed by atoms with E-state index >= 15 is 0 Å². The van der Waals surface area contributed by atoms with Gasteiger partial charge >= 0.3 is 0 Å². The molecule has 4 heteroatoms. The molecule has 67 valence electrons. The maximum Gasteiger partial charge on any atom is 0.0866 e. The van der Waals surface area contributed by atoms with E-state index in [1.807, 2.05) is 0 Å². The van der Waals surface area contributed by atoms with Crippen LogP contribution in [-0.4, -0.2) is 13.9 Å². The van der Waals surface area contributed by atoms with Gasteiger partial charge in [-0.1, -0.05) is 14.9 Å². The Kier molecular flexibility index (Phi) is 972. The summed E-state index contributed by atoms with van der Waals surface area (Å²) in [5.41, 5.74) is 0. The van der Waals surface area contributed by atoms with Crippen LogP contribution in [0.2, 0.25) is 0 Å². The normalized spacial score (nSPS) is 3.00. The second-order valence-electron chi connectivity index (χ2n) is 0.267. The van der Waals surface area contributed by atoms with Gasteiger partial charge < -0.3 is 4.39 Å². The molecule has 0 unspecified atom stereocenters. The Bertz CT molecular complexity index is 13.0. The van der Waals surface area contributed by atoms with Crippen LogP contribution < -0.4 is 0 Å². The topological polar surface area (TPSA) is 0 Å². The fraction of sp³-hybridized carbons (Fsp3) is 0.833. The van der Waals surface area contributed by atoms with E-state index in [1.54, 1.807) is 7.18 Å². The Morgan fingerprint density at radius 2 is 1.10 bits per heavy atom. The summed E-state index contributed by atoms with van der Waals surface area (Å²) in [7, 11) is 2.25. The van der Waals surface area contributed by atoms with Gasteiger partial charge in [-0.05, 0) is 6.92 Å². The molecule has 0 saturated carbocycles. The first kappa shape index (κ1) is 44.5. The smallest absolute Gasteiger partial charge is 0.0866 e. The van der Waals surface area contributed by atoms with Gasteiger partial charge in [0.25, 0.3) is 0 Å². The molecule has 0 fully saturated rings. The SMILES string of the molecule is C.C.CCF.CF.[CH2-]F.[Y]. The molecule has 0 bridgehead atoms. The van der Waals surface area contributed by atoms with Crippen LogP contribution in [0.5, 0.6) is 0 Å². The van der Waals surface area contributed by atoms with Crippen molar-refractivity contribution in [3.8, 4) is 0 Å². The van der Waals surface area contributed by atoms with Gasteiger partial charge in [-0.15, -0.1) is 0 Å². The number of hydrogen-bond acceptors (Lipinski definition) is 0. The van der Waals surface area contributed by atoms with E-state index in [-0.39, 0.29) is 54.2 Å². The third kappa shape index (κ3) is 694. The minimum atomic E-state index is -0.250. The van der Waals surface area contributed by atoms with Crippen LogP contribution in [-0.2, 0) is 32.7 Å². The van der Waals surface area contributed by atoms with E-state index in [0.29, 0.717) is 7.18 Å². The van der Waals surface area contributed by atoms with Crippen LogP contribution in [0.1, 0.15) is 21.8 Å². The molecule has 0 aliphatic rings. The summed E-state index contributed by atoms with van der Waals surface area (Å²) in [5.74, 6) is 0. The second kappa shape index (κ2) is 218. The molecule has 0 aliphatic heterocycles. The van der Waals surface area contributed by atoms with Crippen LogP contribution >= 0.6 is 0 Å². The summed E-state index contributed by atoms with van der Waals surface area (Å²) in [6, 6.07) is 0. The summed E-state index contributed by atoms with van der Waals surface area (Å²) in [6.07, 6.45) is 0. The first-order chi connectivity index (χ1) is 3.41. The van der Waals surface area contributed by atoms with E-state index in [4.69, 9.17) is 0 Å². The van der Waals surface area contributed by atoms with Crippen molar-refractivity contribution in [2.75, 3.05) is 13.9 Å². The van der Waals surface area contributed by atoms with Crippen molar-refractivity contribution in [2.45, 2.75) is 21.8 Å². The van der Waals surface area contributed by atoms with Crippen LogP contribution in [0.15, 0.2) is 0 Å². The van der Waals surface area contributed by atoms with Crippen LogP contribution in [0.25, 0.3) is 0 Å². The van der Waals surface area contributed by atoms with Gasteiger partial charge in [0, 0.05) is 32.7 Å². The fourth-order valence-electron chi connectivity index (χ4n) is 0. The third-order valence-corrected chi connectivity index (χ3v) is 0. The van der Waals surface area contributed by atoms with Gasteiger partial charge in [0.05, 0.1) is 13.9 Å². The van der Waals surface area contributed by atoms with Gasteiger partial charge in [0.15, 0.2) is 0 Å². The molecular formula is C6H18F3Y-. The molecule has 0 heterocycles. The first-order valence-corrected chi connectivity index (χ1v) is 1.62. The van der Waals surface area contributed by atoms with Gasteiger partial charge in [-0.25, -0.2) is 0 Å². The molecule has 0 saturated heterocycles. The zero-order valence-electron chi connectivity index (χ0n) is 5.13. The van der Waals surface area contributed by atoms with Crippen LogP contribution in [0.4, 0.5) is 13.2 Å². The van der Waals surface area contributed by atoms with Crippen molar-refractivity contribution < 1.29 is 45.9 Å². The van der Waals surface area contributed by atoms with E-state index < -0.39 is 0 Å². The standard InChI is InChI=1S/C2H5F.CH3F.CH2F.2CH4.Y/c1-2-3;2*1-2;;;/h2H2,1H3;1H3;1H2;2*1H4;/q;;-1;;;. The number of hydrogen-bond donors (Lipinski definition) is 0. The van der Waals surface area contributed by atoms with Crippen LogP contribution in [0, 0.1) is 7.18 Å². The zero-order valence-corrected chi connectivity index (χ0v) is 7.96. The van der Waals surface area contributed by atoms with E-state index in [0.717, 1.165) is 0 Å². The second-order valence-corrected chi connectivity index (χ2v) is 0.267. The van der Waals surface area contributed by atoms with Gasteiger partial charge in [0.1, 0.15) is 0 Å². The summed E-state index contributed by atoms with van der Waals surface area (Å²) >= 11 is 0. The molecule has 0 aliphatic carbocycles. The average Bonchev–Trinajstić information content (AvgIpc) is 1.78. The van der Waals surface area contributed by atoms with Gasteiger partial charge in [-0.3, -0.25) is 8.78 Å². The van der Waals surface area contributed by atoms with Crippen molar-refractivity contribution in [3.63, 3.8) is 0 Å². The molecule has 0 rings (SSSR count). The molecule has 1 radical (unpaired) electrons. The monoisotopic (exact) mass is 236 g/mol. The molecular weight excluding hydrogens is 218 g/mol. The Labute approximate surface area is 88.5 Å². The van der Waals surface area contributed by atoms with Crippen LogP contribution in [0.3, 0.4) is 0 Å². The molecule has 0 aromatic heterocycles. The summed E-state index contributed by atoms with van der Waals surface area (Å²) < 4.78 is 29.0. The molecule has 10 heavy (non-hydrogen) atoms. The third-order valence-electron chi connectivity index (χ3n) is 0. The van der Waals surface area contributed by atoms with E-state index in [9.17, 15) is 13.2 Å². The van der Waals surface area contributed by atoms with Crippen molar-refractivity contribution >= 4 is 0 Å². The molecule has 0 aromatic rings. The molecule has 0 spiro atoms. The number of rotatable bonds is 0. The van der Waals surface area contributed by atoms with Crippen molar-refractivity contribution in [2.24, 2.45) is 0 Å². The molecule has 0 aromatic carbocycles. The van der Waals surface area contributed by atoms with Gasteiger partial charge in [-0.2, -0.15) is 7.18 Å². The summed E-state index contributed by atoms with van der Waals surface area (Å²) in [5, 5.41) is 0. The molecule has 0 nitrogen and oxygen atoms in total. The van der Waals surface area contributed by atoms with Crippen molar-refractivity contribution in [1.29, 1.82) is 0 Å². The molecule has 0 atom stereocenters. The Morgan fingerprint density at radius 1 is 1.10 bits per heavy atom. The Morgan fingerprint density at radius 3 is 1.10 bits per heavy atom. The quantitative estimate of drug-likeness (QED) is 0.564. The van der Waals surface area contributed by atoms with Crippen molar-refractivity contribution in [3.05, 3.63) is 7.18 Å². The fourth-order valence-corrected chi connectivity index (χ4v) is 0. The van der Waals surface area contributed by atoms with Gasteiger partial charge in [0.2, 0.25) is 0 Å². The minimum Gasteiger partial charge on any atom is -0.463 e. The zero-order chi connectivity index (χ0) is 6.71. The number of halogens is 3. The summed E-state index contributed by atoms with van der Waals surface area (Å²) in [6.45, 7) is 1.21. The Hall–Kier alpha value is 0.894. The predicted molar refractivity (Wildman–Crippen MR) is 38.6 cm³/mol. The maximum atomic E-state index is 10.3. The minimum absolute atomic E-state index is 0. The molecule has 0 N–H and O–H groups in total. The average molecular weight is 236 g/mol. The summed E-state index contributed by atoms with van der Waals surface area (Å²) in [4.78, 5) is 0. The van der Waals surface area contributed by atoms with E-state index in [2.05, 4.69) is 0 Å². The number of alkyl halides is 2. The predicted octanol–water partition coefficient (Wildman–Crippen LogP) is 3.58. The Balaban J connectivity index is -0.00000000536. The maximum absolute atomic E-state index is 10.3.